The van der Waals surface area contributed by atoms with Crippen LogP contribution in [0.1, 0.15) is 31.2 Å². The topological polar surface area (TPSA) is 58.6 Å². The maximum absolute atomic E-state index is 12.2. The Morgan fingerprint density at radius 1 is 1.09 bits per heavy atom. The van der Waals surface area contributed by atoms with Gasteiger partial charge in [-0.05, 0) is 30.5 Å². The Kier molecular flexibility index (Phi) is 6.10. The molecule has 0 atom stereocenters. The normalized spacial score (nSPS) is 17.4. The highest BCUT2D eigenvalue weighted by Crippen LogP contribution is 2.16. The van der Waals surface area contributed by atoms with Crippen LogP contribution >= 0.6 is 0 Å². The van der Waals surface area contributed by atoms with Crippen molar-refractivity contribution in [3.63, 3.8) is 0 Å². The molecule has 0 aromatic heterocycles. The molecule has 0 bridgehead atoms. The summed E-state index contributed by atoms with van der Waals surface area (Å²) in [6, 6.07) is 5.90. The summed E-state index contributed by atoms with van der Waals surface area (Å²) in [5.74, 6) is 0.0501. The van der Waals surface area contributed by atoms with Crippen molar-refractivity contribution in [2.75, 3.05) is 13.1 Å². The summed E-state index contributed by atoms with van der Waals surface area (Å²) in [5.41, 5.74) is 0.681. The molecule has 1 fully saturated rings. The second-order valence-corrected chi connectivity index (χ2v) is 6.92. The molecule has 0 radical (unpaired) electrons. The lowest BCUT2D eigenvalue weighted by Gasteiger charge is -2.20. The zero-order chi connectivity index (χ0) is 16.0. The Labute approximate surface area is 129 Å². The van der Waals surface area contributed by atoms with Crippen LogP contribution in [0.25, 0.3) is 0 Å². The van der Waals surface area contributed by atoms with Crippen LogP contribution in [0.4, 0.5) is 8.78 Å². The fourth-order valence-corrected chi connectivity index (χ4v) is 3.61. The van der Waals surface area contributed by atoms with Crippen molar-refractivity contribution in [1.29, 1.82) is 0 Å². The molecule has 2 rings (SSSR count). The molecule has 124 valence electrons. The molecular formula is C14H20F2N2O3S. The first kappa shape index (κ1) is 17.1. The average Bonchev–Trinajstić information content (AvgIpc) is 2.76. The molecule has 22 heavy (non-hydrogen) atoms. The summed E-state index contributed by atoms with van der Waals surface area (Å²) in [4.78, 5) is 0. The number of nitrogens with one attached hydrogen (secondary N) is 1. The fourth-order valence-electron chi connectivity index (χ4n) is 2.34. The number of halogens is 2. The lowest BCUT2D eigenvalue weighted by Crippen LogP contribution is -2.40. The Balaban J connectivity index is 1.90. The zero-order valence-electron chi connectivity index (χ0n) is 12.2. The first-order chi connectivity index (χ1) is 10.5. The van der Waals surface area contributed by atoms with Gasteiger partial charge in [-0.2, -0.15) is 26.2 Å². The van der Waals surface area contributed by atoms with Gasteiger partial charge in [-0.1, -0.05) is 25.0 Å². The van der Waals surface area contributed by atoms with Crippen molar-refractivity contribution >= 4 is 10.2 Å². The summed E-state index contributed by atoms with van der Waals surface area (Å²) in [5, 5.41) is 0. The van der Waals surface area contributed by atoms with E-state index in [9.17, 15) is 17.2 Å². The molecule has 0 unspecified atom stereocenters. The van der Waals surface area contributed by atoms with Gasteiger partial charge >= 0.3 is 6.61 Å². The largest absolute Gasteiger partial charge is 0.435 e. The van der Waals surface area contributed by atoms with Crippen molar-refractivity contribution in [2.24, 2.45) is 0 Å². The first-order valence-corrected chi connectivity index (χ1v) is 8.70. The van der Waals surface area contributed by atoms with Crippen molar-refractivity contribution in [3.05, 3.63) is 29.8 Å². The van der Waals surface area contributed by atoms with Crippen LogP contribution in [0.2, 0.25) is 0 Å². The number of ether oxygens (including phenoxy) is 1. The number of nitrogens with zero attached hydrogens (tertiary/aromatic N) is 1. The molecule has 0 saturated carbocycles. The number of rotatable bonds is 6. The van der Waals surface area contributed by atoms with Gasteiger partial charge in [-0.15, -0.1) is 0 Å². The summed E-state index contributed by atoms with van der Waals surface area (Å²) in [7, 11) is -3.50. The number of alkyl halides is 2. The van der Waals surface area contributed by atoms with Gasteiger partial charge in [0.1, 0.15) is 5.75 Å². The van der Waals surface area contributed by atoms with Gasteiger partial charge in [0.2, 0.25) is 0 Å². The summed E-state index contributed by atoms with van der Waals surface area (Å²) >= 11 is 0. The molecule has 5 nitrogen and oxygen atoms in total. The molecule has 1 saturated heterocycles. The minimum absolute atomic E-state index is 0.0501. The molecule has 8 heteroatoms. The van der Waals surface area contributed by atoms with Crippen LogP contribution in [0.15, 0.2) is 24.3 Å². The molecule has 0 amide bonds. The smallest absolute Gasteiger partial charge is 0.387 e. The Morgan fingerprint density at radius 3 is 2.23 bits per heavy atom. The minimum atomic E-state index is -3.50. The summed E-state index contributed by atoms with van der Waals surface area (Å²) in [6.45, 7) is -1.67. The monoisotopic (exact) mass is 334 g/mol. The fraction of sp³-hybridized carbons (Fsp3) is 0.571. The molecule has 1 aliphatic heterocycles. The van der Waals surface area contributed by atoms with E-state index in [1.807, 2.05) is 0 Å². The second-order valence-electron chi connectivity index (χ2n) is 5.16. The van der Waals surface area contributed by atoms with E-state index in [0.717, 1.165) is 25.7 Å². The predicted molar refractivity (Wildman–Crippen MR) is 78.9 cm³/mol. The Bertz CT molecular complexity index is 556. The molecule has 1 N–H and O–H groups in total. The average molecular weight is 334 g/mol. The third kappa shape index (κ3) is 5.19. The lowest BCUT2D eigenvalue weighted by molar-refractivity contribution is -0.0498. The lowest BCUT2D eigenvalue weighted by atomic mass is 10.2. The number of hydrogen-bond donors (Lipinski definition) is 1. The van der Waals surface area contributed by atoms with Gasteiger partial charge in [-0.25, -0.2) is 0 Å². The van der Waals surface area contributed by atoms with Gasteiger partial charge in [0.25, 0.3) is 10.2 Å². The first-order valence-electron chi connectivity index (χ1n) is 7.26. The highest BCUT2D eigenvalue weighted by Gasteiger charge is 2.22. The van der Waals surface area contributed by atoms with E-state index in [-0.39, 0.29) is 12.3 Å². The van der Waals surface area contributed by atoms with Crippen molar-refractivity contribution in [2.45, 2.75) is 38.8 Å². The molecule has 1 aromatic carbocycles. The van der Waals surface area contributed by atoms with Crippen molar-refractivity contribution < 1.29 is 21.9 Å². The van der Waals surface area contributed by atoms with Crippen molar-refractivity contribution in [1.82, 2.24) is 9.03 Å². The Hall–Kier alpha value is -1.25. The van der Waals surface area contributed by atoms with Gasteiger partial charge in [-0.3, -0.25) is 0 Å². The van der Waals surface area contributed by atoms with E-state index in [1.54, 1.807) is 12.1 Å². The second kappa shape index (κ2) is 7.85. The third-order valence-corrected chi connectivity index (χ3v) is 5.07. The van der Waals surface area contributed by atoms with Gasteiger partial charge < -0.3 is 4.74 Å². The predicted octanol–water partition coefficient (Wildman–Crippen LogP) is 2.50. The van der Waals surface area contributed by atoms with E-state index in [2.05, 4.69) is 9.46 Å². The van der Waals surface area contributed by atoms with E-state index in [1.165, 1.54) is 16.4 Å². The minimum Gasteiger partial charge on any atom is -0.435 e. The number of hydrogen-bond acceptors (Lipinski definition) is 3. The van der Waals surface area contributed by atoms with Crippen LogP contribution in [0, 0.1) is 0 Å². The standard InChI is InChI=1S/C14H20F2N2O3S/c15-14(16)21-13-7-5-12(6-8-13)11-17-22(19,20)18-9-3-1-2-4-10-18/h5-8,14,17H,1-4,9-11H2. The summed E-state index contributed by atoms with van der Waals surface area (Å²) < 4.78 is 56.8. The highest BCUT2D eigenvalue weighted by atomic mass is 32.2. The highest BCUT2D eigenvalue weighted by molar-refractivity contribution is 7.87. The maximum atomic E-state index is 12.2. The van der Waals surface area contributed by atoms with Crippen LogP contribution in [0.5, 0.6) is 5.75 Å². The Morgan fingerprint density at radius 2 is 1.68 bits per heavy atom. The SMILES string of the molecule is O=S(=O)(NCc1ccc(OC(F)F)cc1)N1CCCCCC1. The molecule has 0 spiro atoms. The van der Waals surface area contributed by atoms with Crippen LogP contribution in [-0.2, 0) is 16.8 Å². The molecular weight excluding hydrogens is 314 g/mol. The van der Waals surface area contributed by atoms with Gasteiger partial charge in [0.05, 0.1) is 0 Å². The van der Waals surface area contributed by atoms with Crippen molar-refractivity contribution in [3.8, 4) is 5.75 Å². The number of benzene rings is 1. The third-order valence-electron chi connectivity index (χ3n) is 3.51. The molecule has 1 aromatic rings. The van der Waals surface area contributed by atoms with Crippen LogP contribution in [0.3, 0.4) is 0 Å². The van der Waals surface area contributed by atoms with Crippen LogP contribution < -0.4 is 9.46 Å². The van der Waals surface area contributed by atoms with E-state index in [0.29, 0.717) is 18.7 Å². The summed E-state index contributed by atoms with van der Waals surface area (Å²) in [6.07, 6.45) is 3.86. The molecule has 0 aliphatic carbocycles. The molecule has 1 heterocycles. The molecule has 1 aliphatic rings. The maximum Gasteiger partial charge on any atom is 0.387 e. The van der Waals surface area contributed by atoms with E-state index in [4.69, 9.17) is 0 Å². The zero-order valence-corrected chi connectivity index (χ0v) is 13.0. The van der Waals surface area contributed by atoms with Crippen LogP contribution in [-0.4, -0.2) is 32.4 Å². The van der Waals surface area contributed by atoms with Gasteiger partial charge in [0, 0.05) is 19.6 Å². The van der Waals surface area contributed by atoms with E-state index >= 15 is 0 Å². The van der Waals surface area contributed by atoms with Gasteiger partial charge in [0.15, 0.2) is 0 Å². The van der Waals surface area contributed by atoms with E-state index < -0.39 is 16.8 Å². The quantitative estimate of drug-likeness (QED) is 0.869.